The Morgan fingerprint density at radius 1 is 1.53 bits per heavy atom. The Morgan fingerprint density at radius 2 is 1.87 bits per heavy atom. The van der Waals surface area contributed by atoms with E-state index in [1.807, 2.05) is 0 Å². The molecular formula is C5H13ClN2O6S. The van der Waals surface area contributed by atoms with Crippen molar-refractivity contribution in [3.05, 3.63) is 0 Å². The van der Waals surface area contributed by atoms with Crippen molar-refractivity contribution in [1.82, 2.24) is 0 Å². The standard InChI is InChI=1S/C5H11ClN2O2.H2O4S/c6-3(2-7)1-4(8)5(9)10;1-5(2,3)4/h3-4H,1-2,7-8H2,(H,9,10);(H2,1,2,3,4). The van der Waals surface area contributed by atoms with Gasteiger partial charge in [0.05, 0.1) is 17.9 Å². The quantitative estimate of drug-likeness (QED) is 0.262. The van der Waals surface area contributed by atoms with Crippen LogP contribution in [0.2, 0.25) is 0 Å². The first-order chi connectivity index (χ1) is 6.57. The number of carbonyl (C=O) groups is 1. The molecule has 0 aliphatic rings. The van der Waals surface area contributed by atoms with Crippen molar-refractivity contribution < 1.29 is 38.9 Å². The van der Waals surface area contributed by atoms with Gasteiger partial charge in [0.2, 0.25) is 10.4 Å². The Balaban J connectivity index is 0. The summed E-state index contributed by atoms with van der Waals surface area (Å²) >= 11 is 5.61. The second kappa shape index (κ2) is 7.79. The second-order valence-electron chi connectivity index (χ2n) is 2.57. The highest BCUT2D eigenvalue weighted by atomic mass is 35.5. The maximum Gasteiger partial charge on any atom is 0.215 e. The fourth-order valence-electron chi connectivity index (χ4n) is 0.523. The molecule has 0 bridgehead atoms. The Bertz CT molecular complexity index is 273. The van der Waals surface area contributed by atoms with Gasteiger partial charge in [0, 0.05) is 6.42 Å². The molecule has 2 unspecified atom stereocenters. The summed E-state index contributed by atoms with van der Waals surface area (Å²) in [5.74, 6) is -1.15. The molecule has 8 nitrogen and oxygen atoms in total. The summed E-state index contributed by atoms with van der Waals surface area (Å²) in [6.45, 7) is 0.515. The zero-order chi connectivity index (χ0) is 12.6. The fourth-order valence-corrected chi connectivity index (χ4v) is 0.738. The van der Waals surface area contributed by atoms with Gasteiger partial charge in [0.25, 0.3) is 0 Å². The van der Waals surface area contributed by atoms with Crippen LogP contribution < -0.4 is 16.6 Å². The predicted octanol–water partition coefficient (Wildman–Crippen LogP) is -4.41. The summed E-state index contributed by atoms with van der Waals surface area (Å²) in [7, 11) is -4.92. The van der Waals surface area contributed by atoms with Crippen molar-refractivity contribution in [1.29, 1.82) is 0 Å². The van der Waals surface area contributed by atoms with Crippen LogP contribution in [0.3, 0.4) is 0 Å². The van der Waals surface area contributed by atoms with E-state index < -0.39 is 22.4 Å². The molecule has 0 saturated heterocycles. The lowest BCUT2D eigenvalue weighted by molar-refractivity contribution is -0.441. The van der Waals surface area contributed by atoms with Crippen LogP contribution in [0.25, 0.3) is 0 Å². The number of halogens is 1. The minimum absolute atomic E-state index is 0.208. The van der Waals surface area contributed by atoms with Crippen LogP contribution in [-0.2, 0) is 15.2 Å². The third kappa shape index (κ3) is 19.8. The summed E-state index contributed by atoms with van der Waals surface area (Å²) in [6.07, 6.45) is 0.327. The van der Waals surface area contributed by atoms with Crippen molar-refractivity contribution >= 4 is 28.0 Å². The maximum absolute atomic E-state index is 10.1. The van der Waals surface area contributed by atoms with Gasteiger partial charge in [0.15, 0.2) is 0 Å². The van der Waals surface area contributed by atoms with E-state index in [1.165, 1.54) is 0 Å². The summed E-state index contributed by atoms with van der Waals surface area (Å²) < 4.78 is 32.8. The molecule has 0 aliphatic carbocycles. The lowest BCUT2D eigenvalue weighted by Crippen LogP contribution is -2.70. The van der Waals surface area contributed by atoms with Crippen LogP contribution in [0, 0.1) is 0 Å². The molecule has 15 heavy (non-hydrogen) atoms. The molecule has 0 aliphatic heterocycles. The van der Waals surface area contributed by atoms with Gasteiger partial charge in [0.1, 0.15) is 6.04 Å². The van der Waals surface area contributed by atoms with Gasteiger partial charge in [-0.25, -0.2) is 8.42 Å². The maximum atomic E-state index is 10.1. The van der Waals surface area contributed by atoms with Gasteiger partial charge >= 0.3 is 0 Å². The van der Waals surface area contributed by atoms with Crippen LogP contribution in [0.4, 0.5) is 0 Å². The van der Waals surface area contributed by atoms with Crippen molar-refractivity contribution in [2.24, 2.45) is 0 Å². The number of alkyl halides is 1. The summed E-state index contributed by atoms with van der Waals surface area (Å²) in [5, 5.41) is 9.89. The Kier molecular flexibility index (Phi) is 8.81. The van der Waals surface area contributed by atoms with Crippen molar-refractivity contribution in [2.45, 2.75) is 17.8 Å². The number of aliphatic carboxylic acids is 1. The van der Waals surface area contributed by atoms with E-state index in [0.29, 0.717) is 13.0 Å². The van der Waals surface area contributed by atoms with E-state index >= 15 is 0 Å². The average molecular weight is 265 g/mol. The highest BCUT2D eigenvalue weighted by molar-refractivity contribution is 7.79. The third-order valence-electron chi connectivity index (χ3n) is 1.19. The molecular weight excluding hydrogens is 252 g/mol. The van der Waals surface area contributed by atoms with Gasteiger partial charge in [-0.05, 0) is 0 Å². The summed E-state index contributed by atoms with van der Waals surface area (Å²) in [6, 6.07) is -0.718. The molecule has 0 spiro atoms. The minimum atomic E-state index is -4.92. The largest absolute Gasteiger partial charge is 0.726 e. The molecule has 10 heteroatoms. The Hall–Kier alpha value is -0.450. The van der Waals surface area contributed by atoms with Gasteiger partial charge in [-0.1, -0.05) is 0 Å². The van der Waals surface area contributed by atoms with Crippen LogP contribution in [0.5, 0.6) is 0 Å². The number of carbonyl (C=O) groups excluding carboxylic acids is 1. The van der Waals surface area contributed by atoms with E-state index in [2.05, 4.69) is 11.5 Å². The first kappa shape index (κ1) is 17.0. The van der Waals surface area contributed by atoms with Gasteiger partial charge in [-0.15, -0.1) is 11.6 Å². The molecule has 0 aromatic carbocycles. The highest BCUT2D eigenvalue weighted by Gasteiger charge is 2.13. The monoisotopic (exact) mass is 264 g/mol. The number of rotatable bonds is 4. The lowest BCUT2D eigenvalue weighted by atomic mass is 10.2. The molecule has 0 saturated carbocycles. The number of carboxylic acid groups (broad SMARTS) is 1. The zero-order valence-corrected chi connectivity index (χ0v) is 9.33. The first-order valence-electron chi connectivity index (χ1n) is 3.73. The van der Waals surface area contributed by atoms with E-state index in [4.69, 9.17) is 29.1 Å². The molecule has 7 N–H and O–H groups in total. The Morgan fingerprint density at radius 3 is 2.07 bits per heavy atom. The van der Waals surface area contributed by atoms with Gasteiger partial charge in [-0.3, -0.25) is 4.55 Å². The van der Waals surface area contributed by atoms with Crippen LogP contribution >= 0.6 is 11.6 Å². The molecule has 0 radical (unpaired) electrons. The van der Waals surface area contributed by atoms with Crippen molar-refractivity contribution in [3.63, 3.8) is 0 Å². The van der Waals surface area contributed by atoms with Crippen molar-refractivity contribution in [3.8, 4) is 0 Å². The van der Waals surface area contributed by atoms with Gasteiger partial charge in [-0.2, -0.15) is 0 Å². The highest BCUT2D eigenvalue weighted by Crippen LogP contribution is 1.99. The molecule has 0 fully saturated rings. The normalized spacial score (nSPS) is 14.7. The smallest absolute Gasteiger partial charge is 0.215 e. The second-order valence-corrected chi connectivity index (χ2v) is 4.04. The molecule has 0 rings (SSSR count). The van der Waals surface area contributed by atoms with Crippen LogP contribution in [0.15, 0.2) is 0 Å². The predicted molar refractivity (Wildman–Crippen MR) is 46.0 cm³/mol. The third-order valence-corrected chi connectivity index (χ3v) is 1.58. The van der Waals surface area contributed by atoms with E-state index in [1.54, 1.807) is 0 Å². The minimum Gasteiger partial charge on any atom is -0.726 e. The van der Waals surface area contributed by atoms with E-state index in [9.17, 15) is 9.90 Å². The van der Waals surface area contributed by atoms with Crippen molar-refractivity contribution in [2.75, 3.05) is 6.54 Å². The summed E-state index contributed by atoms with van der Waals surface area (Å²) in [4.78, 5) is 10.1. The SMILES string of the molecule is O=S(=O)([O-])O.[NH3+]CC(Cl)CC([NH3+])C(=O)[O-]. The number of carboxylic acids is 1. The zero-order valence-electron chi connectivity index (χ0n) is 7.76. The molecule has 0 amide bonds. The number of hydrogen-bond donors (Lipinski definition) is 3. The number of hydrogen-bond acceptors (Lipinski definition) is 5. The van der Waals surface area contributed by atoms with Gasteiger partial charge < -0.3 is 25.9 Å². The van der Waals surface area contributed by atoms with E-state index in [-0.39, 0.29) is 5.38 Å². The first-order valence-corrected chi connectivity index (χ1v) is 5.53. The molecule has 0 aromatic heterocycles. The number of quaternary nitrogens is 2. The van der Waals surface area contributed by atoms with E-state index in [0.717, 1.165) is 0 Å². The van der Waals surface area contributed by atoms with Crippen LogP contribution in [-0.4, -0.2) is 41.5 Å². The Labute approximate surface area is 91.8 Å². The van der Waals surface area contributed by atoms with Crippen LogP contribution in [0.1, 0.15) is 6.42 Å². The topological polar surface area (TPSA) is 173 Å². The summed E-state index contributed by atoms with van der Waals surface area (Å²) in [5.41, 5.74) is 6.88. The molecule has 92 valence electrons. The fraction of sp³-hybridized carbons (Fsp3) is 0.800. The average Bonchev–Trinajstić information content (AvgIpc) is 2.00. The molecule has 0 heterocycles. The molecule has 2 atom stereocenters. The lowest BCUT2D eigenvalue weighted by Gasteiger charge is -2.10. The molecule has 0 aromatic rings.